The average molecular weight is 286 g/mol. The predicted molar refractivity (Wildman–Crippen MR) is 70.0 cm³/mol. The number of carbonyl (C=O) groups excluding carboxylic acids is 1. The van der Waals surface area contributed by atoms with Crippen molar-refractivity contribution < 1.29 is 24.2 Å². The first-order valence-corrected chi connectivity index (χ1v) is 5.49. The highest BCUT2D eigenvalue weighted by atomic mass is 35.5. The molecule has 0 bridgehead atoms. The Balaban J connectivity index is 2.95. The van der Waals surface area contributed by atoms with Gasteiger partial charge in [0.15, 0.2) is 11.5 Å². The summed E-state index contributed by atoms with van der Waals surface area (Å²) < 4.78 is 10.1. The first kappa shape index (κ1) is 14.8. The number of anilines is 1. The molecule has 1 rings (SSSR count). The topological polar surface area (TPSA) is 84.9 Å². The van der Waals surface area contributed by atoms with Crippen LogP contribution in [0, 0.1) is 0 Å². The number of nitrogens with one attached hydrogen (secondary N) is 1. The molecule has 0 aliphatic rings. The van der Waals surface area contributed by atoms with Crippen molar-refractivity contribution >= 4 is 29.2 Å². The Kier molecular flexibility index (Phi) is 5.20. The summed E-state index contributed by atoms with van der Waals surface area (Å²) in [4.78, 5) is 21.7. The second kappa shape index (κ2) is 6.65. The maximum Gasteiger partial charge on any atom is 0.328 e. The monoisotopic (exact) mass is 285 g/mol. The summed E-state index contributed by atoms with van der Waals surface area (Å²) >= 11 is 5.95. The van der Waals surface area contributed by atoms with Crippen LogP contribution in [0.25, 0.3) is 0 Å². The van der Waals surface area contributed by atoms with Crippen molar-refractivity contribution in [2.75, 3.05) is 19.5 Å². The van der Waals surface area contributed by atoms with Crippen LogP contribution >= 0.6 is 11.6 Å². The Morgan fingerprint density at radius 2 is 1.79 bits per heavy atom. The van der Waals surface area contributed by atoms with E-state index in [1.165, 1.54) is 26.4 Å². The fraction of sp³-hybridized carbons (Fsp3) is 0.167. The third-order valence-electron chi connectivity index (χ3n) is 2.11. The first-order valence-electron chi connectivity index (χ1n) is 5.11. The van der Waals surface area contributed by atoms with Crippen molar-refractivity contribution in [3.8, 4) is 11.5 Å². The minimum absolute atomic E-state index is 0.245. The molecule has 0 saturated carbocycles. The molecule has 0 spiro atoms. The number of halogens is 1. The maximum absolute atomic E-state index is 11.4. The number of methoxy groups -OCH3 is 2. The zero-order chi connectivity index (χ0) is 14.4. The number of benzene rings is 1. The van der Waals surface area contributed by atoms with Crippen molar-refractivity contribution in [3.05, 3.63) is 29.3 Å². The molecule has 2 N–H and O–H groups in total. The molecule has 0 aliphatic carbocycles. The molecule has 6 nitrogen and oxygen atoms in total. The SMILES string of the molecule is COc1cc(Cl)c(NC(=O)/C=C/C(=O)O)cc1OC. The molecule has 0 saturated heterocycles. The van der Waals surface area contributed by atoms with Gasteiger partial charge < -0.3 is 19.9 Å². The van der Waals surface area contributed by atoms with Crippen molar-refractivity contribution in [1.29, 1.82) is 0 Å². The number of amides is 1. The van der Waals surface area contributed by atoms with E-state index in [0.717, 1.165) is 12.2 Å². The van der Waals surface area contributed by atoms with E-state index in [1.54, 1.807) is 0 Å². The highest BCUT2D eigenvalue weighted by Crippen LogP contribution is 2.35. The minimum atomic E-state index is -1.21. The Morgan fingerprint density at radius 3 is 2.32 bits per heavy atom. The second-order valence-corrected chi connectivity index (χ2v) is 3.76. The fourth-order valence-electron chi connectivity index (χ4n) is 1.27. The van der Waals surface area contributed by atoms with Gasteiger partial charge in [0.25, 0.3) is 0 Å². The Hall–Kier alpha value is -2.21. The van der Waals surface area contributed by atoms with E-state index in [2.05, 4.69) is 5.32 Å². The standard InChI is InChI=1S/C12H12ClNO5/c1-18-9-5-7(13)8(6-10(9)19-2)14-11(15)3-4-12(16)17/h3-6H,1-2H3,(H,14,15)(H,16,17)/b4-3+. The zero-order valence-corrected chi connectivity index (χ0v) is 11.0. The molecule has 19 heavy (non-hydrogen) atoms. The van der Waals surface area contributed by atoms with E-state index in [-0.39, 0.29) is 5.02 Å². The van der Waals surface area contributed by atoms with Crippen molar-refractivity contribution in [3.63, 3.8) is 0 Å². The van der Waals surface area contributed by atoms with E-state index in [4.69, 9.17) is 26.2 Å². The van der Waals surface area contributed by atoms with Gasteiger partial charge in [0.2, 0.25) is 5.91 Å². The molecule has 0 aromatic heterocycles. The van der Waals surface area contributed by atoms with Crippen LogP contribution in [-0.2, 0) is 9.59 Å². The Labute approximate surface area is 114 Å². The summed E-state index contributed by atoms with van der Waals surface area (Å²) in [6.07, 6.45) is 1.61. The predicted octanol–water partition coefficient (Wildman–Crippen LogP) is 1.94. The van der Waals surface area contributed by atoms with Gasteiger partial charge >= 0.3 is 5.97 Å². The fourth-order valence-corrected chi connectivity index (χ4v) is 1.47. The summed E-state index contributed by atoms with van der Waals surface area (Å²) in [5, 5.41) is 11.1. The van der Waals surface area contributed by atoms with Gasteiger partial charge in [-0.05, 0) is 0 Å². The minimum Gasteiger partial charge on any atom is -0.493 e. The number of hydrogen-bond acceptors (Lipinski definition) is 4. The lowest BCUT2D eigenvalue weighted by molar-refractivity contribution is -0.131. The molecule has 102 valence electrons. The van der Waals surface area contributed by atoms with Crippen molar-refractivity contribution in [2.24, 2.45) is 0 Å². The number of hydrogen-bond donors (Lipinski definition) is 2. The molecule has 7 heteroatoms. The van der Waals surface area contributed by atoms with Gasteiger partial charge in [0.05, 0.1) is 24.9 Å². The number of aliphatic carboxylic acids is 1. The number of carboxylic acids is 1. The molecule has 0 atom stereocenters. The zero-order valence-electron chi connectivity index (χ0n) is 10.3. The quantitative estimate of drug-likeness (QED) is 0.808. The van der Waals surface area contributed by atoms with Crippen LogP contribution in [0.5, 0.6) is 11.5 Å². The molecular weight excluding hydrogens is 274 g/mol. The third-order valence-corrected chi connectivity index (χ3v) is 2.42. The molecule has 0 heterocycles. The summed E-state index contributed by atoms with van der Waals surface area (Å²) in [6.45, 7) is 0. The third kappa shape index (κ3) is 4.18. The van der Waals surface area contributed by atoms with Gasteiger partial charge in [-0.15, -0.1) is 0 Å². The molecular formula is C12H12ClNO5. The normalized spacial score (nSPS) is 10.3. The summed E-state index contributed by atoms with van der Waals surface area (Å²) in [5.74, 6) is -1.01. The maximum atomic E-state index is 11.4. The van der Waals surface area contributed by atoms with Crippen LogP contribution < -0.4 is 14.8 Å². The van der Waals surface area contributed by atoms with Crippen LogP contribution in [0.15, 0.2) is 24.3 Å². The smallest absolute Gasteiger partial charge is 0.328 e. The summed E-state index contributed by atoms with van der Waals surface area (Å²) in [5.41, 5.74) is 0.291. The molecule has 1 amide bonds. The van der Waals surface area contributed by atoms with E-state index < -0.39 is 11.9 Å². The highest BCUT2D eigenvalue weighted by molar-refractivity contribution is 6.34. The van der Waals surface area contributed by atoms with Crippen LogP contribution in [0.2, 0.25) is 5.02 Å². The van der Waals surface area contributed by atoms with Gasteiger partial charge in [-0.1, -0.05) is 11.6 Å². The van der Waals surface area contributed by atoms with E-state index >= 15 is 0 Å². The Bertz CT molecular complexity index is 527. The first-order chi connectivity index (χ1) is 8.97. The Morgan fingerprint density at radius 1 is 1.21 bits per heavy atom. The van der Waals surface area contributed by atoms with E-state index in [9.17, 15) is 9.59 Å². The van der Waals surface area contributed by atoms with Crippen LogP contribution in [0.1, 0.15) is 0 Å². The van der Waals surface area contributed by atoms with Gasteiger partial charge in [-0.2, -0.15) is 0 Å². The highest BCUT2D eigenvalue weighted by Gasteiger charge is 2.11. The molecule has 0 aliphatic heterocycles. The van der Waals surface area contributed by atoms with Gasteiger partial charge in [0.1, 0.15) is 0 Å². The van der Waals surface area contributed by atoms with Crippen LogP contribution in [0.3, 0.4) is 0 Å². The molecule has 0 radical (unpaired) electrons. The van der Waals surface area contributed by atoms with Gasteiger partial charge in [-0.3, -0.25) is 4.79 Å². The lowest BCUT2D eigenvalue weighted by atomic mass is 10.2. The molecule has 0 unspecified atom stereocenters. The number of ether oxygens (including phenoxy) is 2. The van der Waals surface area contributed by atoms with Crippen LogP contribution in [-0.4, -0.2) is 31.2 Å². The lowest BCUT2D eigenvalue weighted by Gasteiger charge is -2.11. The van der Waals surface area contributed by atoms with Gasteiger partial charge in [-0.25, -0.2) is 4.79 Å². The largest absolute Gasteiger partial charge is 0.493 e. The number of rotatable bonds is 5. The second-order valence-electron chi connectivity index (χ2n) is 3.35. The van der Waals surface area contributed by atoms with Crippen molar-refractivity contribution in [1.82, 2.24) is 0 Å². The molecule has 0 fully saturated rings. The van der Waals surface area contributed by atoms with E-state index in [1.807, 2.05) is 0 Å². The molecule has 1 aromatic rings. The van der Waals surface area contributed by atoms with Gasteiger partial charge in [0, 0.05) is 24.3 Å². The molecule has 1 aromatic carbocycles. The summed E-state index contributed by atoms with van der Waals surface area (Å²) in [7, 11) is 2.91. The summed E-state index contributed by atoms with van der Waals surface area (Å²) in [6, 6.07) is 2.96. The van der Waals surface area contributed by atoms with Crippen LogP contribution in [0.4, 0.5) is 5.69 Å². The number of carbonyl (C=O) groups is 2. The van der Waals surface area contributed by atoms with E-state index in [0.29, 0.717) is 17.2 Å². The average Bonchev–Trinajstić information content (AvgIpc) is 2.38. The lowest BCUT2D eigenvalue weighted by Crippen LogP contribution is -2.09. The number of carboxylic acid groups (broad SMARTS) is 1. The van der Waals surface area contributed by atoms with Crippen molar-refractivity contribution in [2.45, 2.75) is 0 Å².